The predicted octanol–water partition coefficient (Wildman–Crippen LogP) is 3.58. The lowest BCUT2D eigenvalue weighted by atomic mass is 10.1. The zero-order valence-electron chi connectivity index (χ0n) is 12.9. The van der Waals surface area contributed by atoms with Crippen LogP contribution in [0.4, 0.5) is 5.82 Å². The number of aryl methyl sites for hydroxylation is 1. The highest BCUT2D eigenvalue weighted by Crippen LogP contribution is 2.25. The van der Waals surface area contributed by atoms with Crippen LogP contribution in [0.25, 0.3) is 0 Å². The number of hydrogen-bond donors (Lipinski definition) is 1. The maximum absolute atomic E-state index is 12.7. The number of carbonyl (C=O) groups is 1. The van der Waals surface area contributed by atoms with Crippen LogP contribution in [-0.4, -0.2) is 29.9 Å². The number of carbonyl (C=O) groups excluding carboxylic acids is 1. The summed E-state index contributed by atoms with van der Waals surface area (Å²) in [5.74, 6) is 0.749. The highest BCUT2D eigenvalue weighted by Gasteiger charge is 2.20. The molecule has 1 unspecified atom stereocenters. The zero-order chi connectivity index (χ0) is 15.4. The summed E-state index contributed by atoms with van der Waals surface area (Å²) in [6, 6.07) is 7.81. The molecule has 21 heavy (non-hydrogen) atoms. The third-order valence-corrected chi connectivity index (χ3v) is 4.64. The quantitative estimate of drug-likeness (QED) is 0.918. The second-order valence-electron chi connectivity index (χ2n) is 4.94. The van der Waals surface area contributed by atoms with Crippen molar-refractivity contribution in [1.29, 1.82) is 0 Å². The lowest BCUT2D eigenvalue weighted by molar-refractivity contribution is 0.0745. The van der Waals surface area contributed by atoms with Crippen molar-refractivity contribution in [3.8, 4) is 0 Å². The first-order valence-electron chi connectivity index (χ1n) is 7.06. The molecule has 2 heterocycles. The Labute approximate surface area is 129 Å². The standard InChI is InChI=1S/C16H21N3OS/c1-5-13-9-12(10-15(17-3)18-13)16(20)19(4)11(2)14-7-6-8-21-14/h6-11H,5H2,1-4H3,(H,17,18). The molecule has 0 aliphatic rings. The van der Waals surface area contributed by atoms with Crippen molar-refractivity contribution < 1.29 is 4.79 Å². The number of pyridine rings is 1. The minimum Gasteiger partial charge on any atom is -0.373 e. The predicted molar refractivity (Wildman–Crippen MR) is 88.0 cm³/mol. The molecular weight excluding hydrogens is 282 g/mol. The second-order valence-corrected chi connectivity index (χ2v) is 5.92. The first kappa shape index (κ1) is 15.5. The Morgan fingerprint density at radius 2 is 2.24 bits per heavy atom. The van der Waals surface area contributed by atoms with Crippen LogP contribution < -0.4 is 5.32 Å². The normalized spacial score (nSPS) is 12.0. The number of aromatic nitrogens is 1. The largest absolute Gasteiger partial charge is 0.373 e. The monoisotopic (exact) mass is 303 g/mol. The second kappa shape index (κ2) is 6.72. The highest BCUT2D eigenvalue weighted by molar-refractivity contribution is 7.10. The SMILES string of the molecule is CCc1cc(C(=O)N(C)C(C)c2cccs2)cc(NC)n1. The van der Waals surface area contributed by atoms with E-state index in [1.54, 1.807) is 22.3 Å². The van der Waals surface area contributed by atoms with E-state index in [9.17, 15) is 4.79 Å². The Bertz CT molecular complexity index is 588. The third-order valence-electron chi connectivity index (χ3n) is 3.60. The van der Waals surface area contributed by atoms with Crippen LogP contribution in [0.5, 0.6) is 0 Å². The summed E-state index contributed by atoms with van der Waals surface area (Å²) < 4.78 is 0. The number of anilines is 1. The molecule has 2 rings (SSSR count). The Kier molecular flexibility index (Phi) is 4.96. The summed E-state index contributed by atoms with van der Waals surface area (Å²) in [6.45, 7) is 4.08. The van der Waals surface area contributed by atoms with Crippen LogP contribution in [0.2, 0.25) is 0 Å². The fraction of sp³-hybridized carbons (Fsp3) is 0.375. The lowest BCUT2D eigenvalue weighted by Crippen LogP contribution is -2.29. The summed E-state index contributed by atoms with van der Waals surface area (Å²) >= 11 is 1.67. The molecule has 0 spiro atoms. The molecule has 5 heteroatoms. The minimum absolute atomic E-state index is 0.0181. The maximum atomic E-state index is 12.7. The summed E-state index contributed by atoms with van der Waals surface area (Å²) in [4.78, 5) is 20.1. The van der Waals surface area contributed by atoms with Gasteiger partial charge < -0.3 is 10.2 Å². The van der Waals surface area contributed by atoms with E-state index in [2.05, 4.69) is 16.4 Å². The number of amides is 1. The molecule has 0 bridgehead atoms. The third kappa shape index (κ3) is 3.42. The molecular formula is C16H21N3OS. The van der Waals surface area contributed by atoms with E-state index in [0.717, 1.165) is 17.9 Å². The van der Waals surface area contributed by atoms with Gasteiger partial charge in [-0.3, -0.25) is 4.79 Å². The molecule has 0 aliphatic heterocycles. The van der Waals surface area contributed by atoms with Crippen LogP contribution in [0.1, 0.15) is 40.8 Å². The molecule has 0 saturated carbocycles. The smallest absolute Gasteiger partial charge is 0.254 e. The van der Waals surface area contributed by atoms with Crippen LogP contribution in [0.3, 0.4) is 0 Å². The van der Waals surface area contributed by atoms with Gasteiger partial charge in [0.1, 0.15) is 5.82 Å². The fourth-order valence-corrected chi connectivity index (χ4v) is 2.95. The number of hydrogen-bond acceptors (Lipinski definition) is 4. The lowest BCUT2D eigenvalue weighted by Gasteiger charge is -2.24. The van der Waals surface area contributed by atoms with Gasteiger partial charge in [0.25, 0.3) is 5.91 Å². The Morgan fingerprint density at radius 1 is 1.48 bits per heavy atom. The van der Waals surface area contributed by atoms with Crippen LogP contribution in [-0.2, 0) is 6.42 Å². The van der Waals surface area contributed by atoms with E-state index in [1.165, 1.54) is 4.88 Å². The van der Waals surface area contributed by atoms with Gasteiger partial charge in [0.15, 0.2) is 0 Å². The van der Waals surface area contributed by atoms with Crippen molar-refractivity contribution in [2.75, 3.05) is 19.4 Å². The molecule has 1 N–H and O–H groups in total. The average molecular weight is 303 g/mol. The topological polar surface area (TPSA) is 45.2 Å². The van der Waals surface area contributed by atoms with Gasteiger partial charge >= 0.3 is 0 Å². The van der Waals surface area contributed by atoms with Crippen molar-refractivity contribution >= 4 is 23.1 Å². The number of rotatable bonds is 5. The van der Waals surface area contributed by atoms with E-state index >= 15 is 0 Å². The van der Waals surface area contributed by atoms with Crippen molar-refractivity contribution in [2.24, 2.45) is 0 Å². The minimum atomic E-state index is 0.0181. The highest BCUT2D eigenvalue weighted by atomic mass is 32.1. The number of nitrogens with one attached hydrogen (secondary N) is 1. The van der Waals surface area contributed by atoms with E-state index in [1.807, 2.05) is 45.5 Å². The molecule has 112 valence electrons. The summed E-state index contributed by atoms with van der Waals surface area (Å²) in [5, 5.41) is 5.05. The van der Waals surface area contributed by atoms with Gasteiger partial charge in [0.2, 0.25) is 0 Å². The molecule has 0 saturated heterocycles. The van der Waals surface area contributed by atoms with Crippen molar-refractivity contribution in [1.82, 2.24) is 9.88 Å². The van der Waals surface area contributed by atoms with Gasteiger partial charge in [-0.1, -0.05) is 13.0 Å². The molecule has 4 nitrogen and oxygen atoms in total. The van der Waals surface area contributed by atoms with E-state index < -0.39 is 0 Å². The molecule has 0 aromatic carbocycles. The Hall–Kier alpha value is -1.88. The molecule has 2 aromatic rings. The number of nitrogens with zero attached hydrogens (tertiary/aromatic N) is 2. The van der Waals surface area contributed by atoms with Crippen LogP contribution >= 0.6 is 11.3 Å². The zero-order valence-corrected chi connectivity index (χ0v) is 13.7. The molecule has 1 amide bonds. The van der Waals surface area contributed by atoms with Gasteiger partial charge in [-0.2, -0.15) is 0 Å². The van der Waals surface area contributed by atoms with Gasteiger partial charge in [-0.15, -0.1) is 11.3 Å². The van der Waals surface area contributed by atoms with Crippen LogP contribution in [0.15, 0.2) is 29.6 Å². The first-order valence-corrected chi connectivity index (χ1v) is 7.94. The molecule has 1 atom stereocenters. The van der Waals surface area contributed by atoms with Crippen molar-refractivity contribution in [2.45, 2.75) is 26.3 Å². The number of thiophene rings is 1. The molecule has 0 fully saturated rings. The Balaban J connectivity index is 2.26. The van der Waals surface area contributed by atoms with Crippen molar-refractivity contribution in [3.05, 3.63) is 45.8 Å². The van der Waals surface area contributed by atoms with E-state index in [4.69, 9.17) is 0 Å². The Morgan fingerprint density at radius 3 is 2.81 bits per heavy atom. The first-order chi connectivity index (χ1) is 10.1. The maximum Gasteiger partial charge on any atom is 0.254 e. The van der Waals surface area contributed by atoms with E-state index in [-0.39, 0.29) is 11.9 Å². The van der Waals surface area contributed by atoms with Crippen LogP contribution in [0, 0.1) is 0 Å². The van der Waals surface area contributed by atoms with Crippen molar-refractivity contribution in [3.63, 3.8) is 0 Å². The average Bonchev–Trinajstić information content (AvgIpc) is 3.06. The molecule has 2 aromatic heterocycles. The summed E-state index contributed by atoms with van der Waals surface area (Å²) in [5.41, 5.74) is 1.60. The van der Waals surface area contributed by atoms with E-state index in [0.29, 0.717) is 5.56 Å². The summed E-state index contributed by atoms with van der Waals surface area (Å²) in [6.07, 6.45) is 0.806. The van der Waals surface area contributed by atoms with Gasteiger partial charge in [0.05, 0.1) is 6.04 Å². The molecule has 0 aliphatic carbocycles. The summed E-state index contributed by atoms with van der Waals surface area (Å²) in [7, 11) is 3.66. The van der Waals surface area contributed by atoms with Gasteiger partial charge in [-0.25, -0.2) is 4.98 Å². The van der Waals surface area contributed by atoms with Gasteiger partial charge in [-0.05, 0) is 36.9 Å². The fourth-order valence-electron chi connectivity index (χ4n) is 2.12. The molecule has 0 radical (unpaired) electrons. The van der Waals surface area contributed by atoms with Gasteiger partial charge in [0, 0.05) is 30.2 Å².